The van der Waals surface area contributed by atoms with Crippen molar-refractivity contribution in [2.24, 2.45) is 0 Å². The number of carbonyl (C=O) groups is 1. The van der Waals surface area contributed by atoms with E-state index >= 15 is 0 Å². The number of carbonyl (C=O) groups excluding carboxylic acids is 1. The van der Waals surface area contributed by atoms with Gasteiger partial charge in [-0.1, -0.05) is 53.8 Å². The molecule has 0 bridgehead atoms. The van der Waals surface area contributed by atoms with E-state index in [1.54, 1.807) is 23.1 Å². The number of aromatic nitrogens is 1. The average molecular weight is 415 g/mol. The molecule has 6 nitrogen and oxygen atoms in total. The molecule has 0 saturated carbocycles. The van der Waals surface area contributed by atoms with Gasteiger partial charge in [0.2, 0.25) is 0 Å². The first-order valence-electron chi connectivity index (χ1n) is 9.24. The van der Waals surface area contributed by atoms with Crippen LogP contribution in [-0.4, -0.2) is 15.8 Å². The number of hydrogen-bond donors (Lipinski definition) is 0. The lowest BCUT2D eigenvalue weighted by molar-refractivity contribution is -0.384. The van der Waals surface area contributed by atoms with Crippen molar-refractivity contribution in [1.29, 1.82) is 0 Å². The number of nitrogens with zero attached hydrogens (tertiary/aromatic N) is 3. The Morgan fingerprint density at radius 3 is 2.40 bits per heavy atom. The molecule has 0 aliphatic carbocycles. The van der Waals surface area contributed by atoms with Gasteiger partial charge in [0.25, 0.3) is 11.6 Å². The van der Waals surface area contributed by atoms with Crippen LogP contribution < -0.4 is 4.90 Å². The second-order valence-electron chi connectivity index (χ2n) is 6.56. The molecule has 4 rings (SSSR count). The first-order valence-corrected chi connectivity index (χ1v) is 10.1. The predicted molar refractivity (Wildman–Crippen MR) is 119 cm³/mol. The van der Waals surface area contributed by atoms with E-state index in [-0.39, 0.29) is 11.6 Å². The molecule has 7 heteroatoms. The quantitative estimate of drug-likeness (QED) is 0.238. The number of benzene rings is 3. The number of amides is 1. The largest absolute Gasteiger partial charge is 0.280 e. The highest BCUT2D eigenvalue weighted by atomic mass is 32.1. The van der Waals surface area contributed by atoms with Crippen LogP contribution in [0.4, 0.5) is 10.8 Å². The van der Waals surface area contributed by atoms with Gasteiger partial charge in [-0.25, -0.2) is 4.98 Å². The highest BCUT2D eigenvalue weighted by Gasteiger charge is 2.18. The number of anilines is 1. The van der Waals surface area contributed by atoms with Gasteiger partial charge in [-0.15, -0.1) is 0 Å². The lowest BCUT2D eigenvalue weighted by Crippen LogP contribution is -2.28. The van der Waals surface area contributed by atoms with E-state index in [1.807, 2.05) is 54.6 Å². The van der Waals surface area contributed by atoms with Gasteiger partial charge in [0.05, 0.1) is 21.7 Å². The Labute approximate surface area is 176 Å². The van der Waals surface area contributed by atoms with Crippen LogP contribution in [0.15, 0.2) is 84.9 Å². The van der Waals surface area contributed by atoms with E-state index in [1.165, 1.54) is 29.5 Å². The molecule has 0 fully saturated rings. The number of nitro benzene ring substituents is 1. The van der Waals surface area contributed by atoms with E-state index < -0.39 is 4.92 Å². The second kappa shape index (κ2) is 8.67. The molecule has 0 unspecified atom stereocenters. The Balaban J connectivity index is 1.62. The van der Waals surface area contributed by atoms with E-state index in [0.29, 0.717) is 17.2 Å². The van der Waals surface area contributed by atoms with Gasteiger partial charge < -0.3 is 0 Å². The monoisotopic (exact) mass is 415 g/mol. The SMILES string of the molecule is O=C(/C=C/c1ccc([N+](=O)[O-])cc1)N(Cc1ccccc1)c1nc2ccccc2s1. The zero-order chi connectivity index (χ0) is 20.9. The minimum absolute atomic E-state index is 0.0126. The molecule has 1 heterocycles. The van der Waals surface area contributed by atoms with Gasteiger partial charge in [0.15, 0.2) is 5.13 Å². The lowest BCUT2D eigenvalue weighted by Gasteiger charge is -2.18. The maximum atomic E-state index is 13.1. The van der Waals surface area contributed by atoms with E-state index in [4.69, 9.17) is 0 Å². The third-order valence-corrected chi connectivity index (χ3v) is 5.54. The molecule has 0 aliphatic rings. The Hall–Kier alpha value is -3.84. The number of para-hydroxylation sites is 1. The predicted octanol–water partition coefficient (Wildman–Crippen LogP) is 5.45. The third kappa shape index (κ3) is 4.42. The minimum Gasteiger partial charge on any atom is -0.280 e. The summed E-state index contributed by atoms with van der Waals surface area (Å²) >= 11 is 1.46. The maximum absolute atomic E-state index is 13.1. The summed E-state index contributed by atoms with van der Waals surface area (Å²) in [4.78, 5) is 29.7. The fourth-order valence-electron chi connectivity index (χ4n) is 2.95. The van der Waals surface area contributed by atoms with Gasteiger partial charge in [0, 0.05) is 18.2 Å². The summed E-state index contributed by atoms with van der Waals surface area (Å²) in [6.45, 7) is 0.393. The summed E-state index contributed by atoms with van der Waals surface area (Å²) < 4.78 is 1.01. The van der Waals surface area contributed by atoms with Crippen LogP contribution in [0.5, 0.6) is 0 Å². The van der Waals surface area contributed by atoms with Gasteiger partial charge in [-0.2, -0.15) is 0 Å². The van der Waals surface area contributed by atoms with Crippen molar-refractivity contribution in [3.63, 3.8) is 0 Å². The van der Waals surface area contributed by atoms with Crippen molar-refractivity contribution < 1.29 is 9.72 Å². The molecule has 148 valence electrons. The molecule has 0 saturated heterocycles. The normalized spacial score (nSPS) is 11.1. The van der Waals surface area contributed by atoms with Gasteiger partial charge in [-0.05, 0) is 41.5 Å². The number of rotatable bonds is 6. The van der Waals surface area contributed by atoms with Crippen molar-refractivity contribution in [1.82, 2.24) is 4.98 Å². The van der Waals surface area contributed by atoms with Crippen LogP contribution in [0.1, 0.15) is 11.1 Å². The van der Waals surface area contributed by atoms with Crippen LogP contribution >= 0.6 is 11.3 Å². The second-order valence-corrected chi connectivity index (χ2v) is 7.57. The fraction of sp³-hybridized carbons (Fsp3) is 0.0435. The summed E-state index contributed by atoms with van der Waals surface area (Å²) in [7, 11) is 0. The number of fused-ring (bicyclic) bond motifs is 1. The topological polar surface area (TPSA) is 76.3 Å². The van der Waals surface area contributed by atoms with Gasteiger partial charge >= 0.3 is 0 Å². The molecule has 3 aromatic carbocycles. The van der Waals surface area contributed by atoms with Gasteiger partial charge in [0.1, 0.15) is 0 Å². The summed E-state index contributed by atoms with van der Waals surface area (Å²) in [5, 5.41) is 11.4. The maximum Gasteiger partial charge on any atom is 0.269 e. The van der Waals surface area contributed by atoms with Crippen LogP contribution in [-0.2, 0) is 11.3 Å². The smallest absolute Gasteiger partial charge is 0.269 e. The molecule has 0 atom stereocenters. The first-order chi connectivity index (χ1) is 14.6. The molecule has 30 heavy (non-hydrogen) atoms. The van der Waals surface area contributed by atoms with Crippen LogP contribution in [0.3, 0.4) is 0 Å². The van der Waals surface area contributed by atoms with E-state index in [2.05, 4.69) is 4.98 Å². The highest BCUT2D eigenvalue weighted by Crippen LogP contribution is 2.30. The molecule has 4 aromatic rings. The number of hydrogen-bond acceptors (Lipinski definition) is 5. The number of non-ortho nitro benzene ring substituents is 1. The van der Waals surface area contributed by atoms with Crippen LogP contribution in [0.25, 0.3) is 16.3 Å². The Morgan fingerprint density at radius 2 is 1.70 bits per heavy atom. The first kappa shape index (κ1) is 19.5. The summed E-state index contributed by atoms with van der Waals surface area (Å²) in [6.07, 6.45) is 3.12. The van der Waals surface area contributed by atoms with E-state index in [0.717, 1.165) is 15.8 Å². The third-order valence-electron chi connectivity index (χ3n) is 4.49. The molecular formula is C23H17N3O3S. The molecule has 1 aromatic heterocycles. The zero-order valence-corrected chi connectivity index (χ0v) is 16.7. The highest BCUT2D eigenvalue weighted by molar-refractivity contribution is 7.22. The summed E-state index contributed by atoms with van der Waals surface area (Å²) in [5.74, 6) is -0.212. The standard InChI is InChI=1S/C23H17N3O3S/c27-22(15-12-17-10-13-19(14-11-17)26(28)29)25(16-18-6-2-1-3-7-18)23-24-20-8-4-5-9-21(20)30-23/h1-15H,16H2/b15-12+. The van der Waals surface area contributed by atoms with Crippen LogP contribution in [0.2, 0.25) is 0 Å². The Kier molecular flexibility index (Phi) is 5.63. The lowest BCUT2D eigenvalue weighted by atomic mass is 10.2. The minimum atomic E-state index is -0.451. The summed E-state index contributed by atoms with van der Waals surface area (Å²) in [5.41, 5.74) is 2.56. The molecule has 1 amide bonds. The molecule has 0 spiro atoms. The fourth-order valence-corrected chi connectivity index (χ4v) is 3.92. The van der Waals surface area contributed by atoms with Crippen molar-refractivity contribution >= 4 is 44.4 Å². The van der Waals surface area contributed by atoms with Crippen molar-refractivity contribution in [2.45, 2.75) is 6.54 Å². The van der Waals surface area contributed by atoms with Crippen molar-refractivity contribution in [3.8, 4) is 0 Å². The average Bonchev–Trinajstić information content (AvgIpc) is 3.20. The van der Waals surface area contributed by atoms with Crippen molar-refractivity contribution in [3.05, 3.63) is 106 Å². The molecule has 0 N–H and O–H groups in total. The number of thiazole rings is 1. The molecule has 0 aliphatic heterocycles. The zero-order valence-electron chi connectivity index (χ0n) is 15.8. The van der Waals surface area contributed by atoms with E-state index in [9.17, 15) is 14.9 Å². The number of nitro groups is 1. The molecular weight excluding hydrogens is 398 g/mol. The Bertz CT molecular complexity index is 1180. The van der Waals surface area contributed by atoms with Crippen LogP contribution in [0, 0.1) is 10.1 Å². The van der Waals surface area contributed by atoms with Crippen molar-refractivity contribution in [2.75, 3.05) is 4.90 Å². The molecule has 0 radical (unpaired) electrons. The van der Waals surface area contributed by atoms with Gasteiger partial charge in [-0.3, -0.25) is 19.8 Å². The summed E-state index contributed by atoms with van der Waals surface area (Å²) in [6, 6.07) is 23.6. The Morgan fingerprint density at radius 1 is 1.00 bits per heavy atom.